The van der Waals surface area contributed by atoms with E-state index in [0.717, 1.165) is 15.8 Å². The van der Waals surface area contributed by atoms with Crippen LogP contribution in [0.2, 0.25) is 0 Å². The summed E-state index contributed by atoms with van der Waals surface area (Å²) in [5, 5.41) is 5.35. The zero-order valence-corrected chi connectivity index (χ0v) is 11.4. The smallest absolute Gasteiger partial charge is 0.271 e. The number of thioether (sulfide) groups is 1. The highest BCUT2D eigenvalue weighted by molar-refractivity contribution is 7.98. The molecule has 0 saturated carbocycles. The van der Waals surface area contributed by atoms with Gasteiger partial charge in [0.05, 0.1) is 4.90 Å². The van der Waals surface area contributed by atoms with E-state index < -0.39 is 10.1 Å². The molecule has 18 heavy (non-hydrogen) atoms. The summed E-state index contributed by atoms with van der Waals surface area (Å²) in [6.07, 6.45) is 3.74. The van der Waals surface area contributed by atoms with Gasteiger partial charge in [-0.25, -0.2) is 0 Å². The van der Waals surface area contributed by atoms with Crippen molar-refractivity contribution in [2.45, 2.75) is 11.4 Å². The molecule has 7 heteroatoms. The van der Waals surface area contributed by atoms with Crippen LogP contribution < -0.4 is 4.68 Å². The summed E-state index contributed by atoms with van der Waals surface area (Å²) in [6.45, 7) is 0.136. The van der Waals surface area contributed by atoms with Crippen LogP contribution in [0.25, 0.3) is 10.9 Å². The highest BCUT2D eigenvalue weighted by Gasteiger charge is 2.14. The standard InChI is InChI=1S/C11H12N2O3S2/c1-17-11-8-13(6-7-18(14,15)16)12-10-5-3-2-4-9(10)11/h2-5,8H,6-7H2,1H3/p+1. The SMILES string of the molecule is CSc1c[n+](CCS(=O)(=O)O)nc2ccccc12. The van der Waals surface area contributed by atoms with Gasteiger partial charge in [-0.05, 0) is 12.3 Å². The van der Waals surface area contributed by atoms with Gasteiger partial charge in [0.2, 0.25) is 6.20 Å². The van der Waals surface area contributed by atoms with Gasteiger partial charge < -0.3 is 0 Å². The summed E-state index contributed by atoms with van der Waals surface area (Å²) in [6, 6.07) is 7.67. The fourth-order valence-corrected chi connectivity index (χ4v) is 2.66. The minimum Gasteiger partial charge on any atom is -0.285 e. The topological polar surface area (TPSA) is 71.1 Å². The minimum atomic E-state index is -3.96. The maximum atomic E-state index is 10.7. The maximum absolute atomic E-state index is 10.7. The number of fused-ring (bicyclic) bond motifs is 1. The van der Waals surface area contributed by atoms with Crippen molar-refractivity contribution >= 4 is 32.8 Å². The Hall–Kier alpha value is -1.18. The zero-order chi connectivity index (χ0) is 13.2. The zero-order valence-electron chi connectivity index (χ0n) is 9.78. The number of benzene rings is 1. The molecule has 0 atom stereocenters. The van der Waals surface area contributed by atoms with Crippen LogP contribution in [0.3, 0.4) is 0 Å². The van der Waals surface area contributed by atoms with Gasteiger partial charge in [0, 0.05) is 10.5 Å². The van der Waals surface area contributed by atoms with Gasteiger partial charge in [-0.1, -0.05) is 22.9 Å². The lowest BCUT2D eigenvalue weighted by molar-refractivity contribution is -0.749. The van der Waals surface area contributed by atoms with Crippen LogP contribution in [0.5, 0.6) is 0 Å². The number of hydrogen-bond acceptors (Lipinski definition) is 4. The normalized spacial score (nSPS) is 11.9. The van der Waals surface area contributed by atoms with Crippen LogP contribution in [0.1, 0.15) is 0 Å². The van der Waals surface area contributed by atoms with E-state index in [-0.39, 0.29) is 12.3 Å². The van der Waals surface area contributed by atoms with E-state index in [2.05, 4.69) is 5.10 Å². The van der Waals surface area contributed by atoms with E-state index in [4.69, 9.17) is 4.55 Å². The quantitative estimate of drug-likeness (QED) is 0.518. The first-order valence-electron chi connectivity index (χ1n) is 5.28. The molecule has 5 nitrogen and oxygen atoms in total. The van der Waals surface area contributed by atoms with Gasteiger partial charge in [0.1, 0.15) is 11.3 Å². The summed E-state index contributed by atoms with van der Waals surface area (Å²) in [5.41, 5.74) is 0.805. The first-order chi connectivity index (χ1) is 8.49. The highest BCUT2D eigenvalue weighted by atomic mass is 32.2. The van der Waals surface area contributed by atoms with Crippen LogP contribution in [0.15, 0.2) is 35.4 Å². The Kier molecular flexibility index (Phi) is 3.84. The summed E-state index contributed by atoms with van der Waals surface area (Å²) >= 11 is 1.57. The van der Waals surface area contributed by atoms with Gasteiger partial charge >= 0.3 is 0 Å². The third-order valence-corrected chi connectivity index (χ3v) is 3.93. The number of rotatable bonds is 4. The molecular formula is C11H13N2O3S2+. The fraction of sp³-hybridized carbons (Fsp3) is 0.273. The Morgan fingerprint density at radius 2 is 2.11 bits per heavy atom. The lowest BCUT2D eigenvalue weighted by atomic mass is 10.2. The Morgan fingerprint density at radius 1 is 1.39 bits per heavy atom. The fourth-order valence-electron chi connectivity index (χ4n) is 1.63. The molecule has 0 saturated heterocycles. The van der Waals surface area contributed by atoms with Crippen LogP contribution in [-0.4, -0.2) is 30.1 Å². The van der Waals surface area contributed by atoms with Crippen molar-refractivity contribution in [3.05, 3.63) is 30.5 Å². The molecule has 0 unspecified atom stereocenters. The first-order valence-corrected chi connectivity index (χ1v) is 8.11. The van der Waals surface area contributed by atoms with Crippen molar-refractivity contribution in [1.29, 1.82) is 0 Å². The Morgan fingerprint density at radius 3 is 2.78 bits per heavy atom. The Bertz CT molecular complexity index is 671. The largest absolute Gasteiger partial charge is 0.285 e. The average Bonchev–Trinajstić information content (AvgIpc) is 2.34. The first kappa shape index (κ1) is 13.3. The average molecular weight is 285 g/mol. The molecular weight excluding hydrogens is 272 g/mol. The molecule has 96 valence electrons. The number of nitrogens with zero attached hydrogens (tertiary/aromatic N) is 2. The van der Waals surface area contributed by atoms with E-state index >= 15 is 0 Å². The van der Waals surface area contributed by atoms with Crippen molar-refractivity contribution in [2.24, 2.45) is 0 Å². The van der Waals surface area contributed by atoms with Crippen molar-refractivity contribution in [2.75, 3.05) is 12.0 Å². The highest BCUT2D eigenvalue weighted by Crippen LogP contribution is 2.22. The molecule has 0 spiro atoms. The second-order valence-electron chi connectivity index (χ2n) is 3.76. The maximum Gasteiger partial charge on any atom is 0.271 e. The summed E-state index contributed by atoms with van der Waals surface area (Å²) in [5.74, 6) is -0.336. The van der Waals surface area contributed by atoms with Crippen LogP contribution >= 0.6 is 11.8 Å². The lowest BCUT2D eigenvalue weighted by Crippen LogP contribution is -2.40. The second-order valence-corrected chi connectivity index (χ2v) is 6.18. The second kappa shape index (κ2) is 5.21. The summed E-state index contributed by atoms with van der Waals surface area (Å²) in [7, 11) is -3.96. The molecule has 0 aliphatic heterocycles. The van der Waals surface area contributed by atoms with Crippen LogP contribution in [0, 0.1) is 0 Å². The molecule has 0 fully saturated rings. The number of hydrogen-bond donors (Lipinski definition) is 1. The third-order valence-electron chi connectivity index (χ3n) is 2.47. The summed E-state index contributed by atoms with van der Waals surface area (Å²) < 4.78 is 31.8. The number of aryl methyl sites for hydroxylation is 1. The van der Waals surface area contributed by atoms with E-state index in [1.807, 2.05) is 30.5 Å². The third kappa shape index (κ3) is 3.18. The van der Waals surface area contributed by atoms with Gasteiger partial charge in [-0.3, -0.25) is 4.55 Å². The van der Waals surface area contributed by atoms with Crippen molar-refractivity contribution in [3.8, 4) is 0 Å². The van der Waals surface area contributed by atoms with E-state index in [1.54, 1.807) is 22.6 Å². The Labute approximate surface area is 110 Å². The molecule has 0 aliphatic carbocycles. The summed E-state index contributed by atoms with van der Waals surface area (Å²) in [4.78, 5) is 1.02. The molecule has 1 aromatic heterocycles. The van der Waals surface area contributed by atoms with E-state index in [9.17, 15) is 8.42 Å². The van der Waals surface area contributed by atoms with Gasteiger partial charge in [0.25, 0.3) is 10.1 Å². The molecule has 2 rings (SSSR count). The van der Waals surface area contributed by atoms with E-state index in [0.29, 0.717) is 0 Å². The van der Waals surface area contributed by atoms with Gasteiger partial charge in [-0.15, -0.1) is 11.8 Å². The molecule has 0 bridgehead atoms. The molecule has 0 amide bonds. The van der Waals surface area contributed by atoms with Crippen LogP contribution in [-0.2, 0) is 16.7 Å². The molecule has 0 radical (unpaired) electrons. The van der Waals surface area contributed by atoms with Crippen molar-refractivity contribution in [3.63, 3.8) is 0 Å². The monoisotopic (exact) mass is 285 g/mol. The predicted octanol–water partition coefficient (Wildman–Crippen LogP) is 1.13. The molecule has 2 aromatic rings. The predicted molar refractivity (Wildman–Crippen MR) is 70.1 cm³/mol. The molecule has 0 aliphatic rings. The van der Waals surface area contributed by atoms with Crippen molar-refractivity contribution in [1.82, 2.24) is 5.10 Å². The molecule has 1 heterocycles. The molecule has 1 aromatic carbocycles. The Balaban J connectivity index is 2.41. The van der Waals surface area contributed by atoms with Crippen molar-refractivity contribution < 1.29 is 17.7 Å². The van der Waals surface area contributed by atoms with Gasteiger partial charge in [-0.2, -0.15) is 8.42 Å². The van der Waals surface area contributed by atoms with Gasteiger partial charge in [0.15, 0.2) is 6.54 Å². The number of aromatic nitrogens is 2. The minimum absolute atomic E-state index is 0.136. The van der Waals surface area contributed by atoms with E-state index in [1.165, 1.54) is 0 Å². The molecule has 1 N–H and O–H groups in total. The lowest BCUT2D eigenvalue weighted by Gasteiger charge is -2.01. The van der Waals surface area contributed by atoms with Crippen LogP contribution in [0.4, 0.5) is 0 Å².